The van der Waals surface area contributed by atoms with Gasteiger partial charge in [0, 0.05) is 6.20 Å². The van der Waals surface area contributed by atoms with Gasteiger partial charge in [0.05, 0.1) is 29.3 Å². The minimum absolute atomic E-state index is 0.122. The van der Waals surface area contributed by atoms with E-state index in [1.54, 1.807) is 6.20 Å². The van der Waals surface area contributed by atoms with Crippen molar-refractivity contribution in [3.8, 4) is 0 Å². The van der Waals surface area contributed by atoms with Crippen molar-refractivity contribution < 1.29 is 4.39 Å². The van der Waals surface area contributed by atoms with Crippen LogP contribution in [0.5, 0.6) is 0 Å². The molecule has 2 rings (SSSR count). The second-order valence-corrected chi connectivity index (χ2v) is 4.56. The van der Waals surface area contributed by atoms with E-state index in [9.17, 15) is 4.39 Å². The summed E-state index contributed by atoms with van der Waals surface area (Å²) >= 11 is 5.76. The number of nitrogen functional groups attached to an aromatic ring is 2. The van der Waals surface area contributed by atoms with E-state index in [1.807, 2.05) is 19.1 Å². The zero-order chi connectivity index (χ0) is 14.0. The van der Waals surface area contributed by atoms with Crippen molar-refractivity contribution in [3.63, 3.8) is 0 Å². The summed E-state index contributed by atoms with van der Waals surface area (Å²) in [5.74, 6) is -0.646. The fourth-order valence-corrected chi connectivity index (χ4v) is 1.87. The van der Waals surface area contributed by atoms with Crippen LogP contribution in [0.4, 0.5) is 21.5 Å². The molecule has 0 saturated heterocycles. The third-order valence-electron chi connectivity index (χ3n) is 2.82. The van der Waals surface area contributed by atoms with Gasteiger partial charge in [0.2, 0.25) is 0 Å². The van der Waals surface area contributed by atoms with E-state index in [0.717, 1.165) is 11.3 Å². The third-order valence-corrected chi connectivity index (χ3v) is 3.20. The summed E-state index contributed by atoms with van der Waals surface area (Å²) in [6.07, 6.45) is 1.68. The first kappa shape index (κ1) is 13.4. The molecule has 0 aliphatic carbocycles. The largest absolute Gasteiger partial charge is 0.397 e. The number of anilines is 3. The van der Waals surface area contributed by atoms with Gasteiger partial charge < -0.3 is 16.8 Å². The van der Waals surface area contributed by atoms with E-state index in [2.05, 4.69) is 10.3 Å². The highest BCUT2D eigenvalue weighted by Gasteiger charge is 2.14. The molecular formula is C13H14ClFN4. The van der Waals surface area contributed by atoms with Crippen LogP contribution >= 0.6 is 11.6 Å². The van der Waals surface area contributed by atoms with E-state index in [4.69, 9.17) is 23.1 Å². The summed E-state index contributed by atoms with van der Waals surface area (Å²) in [4.78, 5) is 4.21. The van der Waals surface area contributed by atoms with Crippen molar-refractivity contribution in [1.82, 2.24) is 4.98 Å². The van der Waals surface area contributed by atoms with Crippen LogP contribution in [-0.4, -0.2) is 4.98 Å². The molecule has 0 unspecified atom stereocenters. The average Bonchev–Trinajstić information content (AvgIpc) is 2.38. The van der Waals surface area contributed by atoms with Crippen LogP contribution in [0, 0.1) is 12.7 Å². The van der Waals surface area contributed by atoms with Gasteiger partial charge in [-0.3, -0.25) is 4.98 Å². The number of aromatic nitrogens is 1. The normalized spacial score (nSPS) is 10.5. The number of hydrogen-bond acceptors (Lipinski definition) is 4. The Labute approximate surface area is 115 Å². The van der Waals surface area contributed by atoms with Crippen molar-refractivity contribution in [2.24, 2.45) is 0 Å². The molecule has 0 bridgehead atoms. The SMILES string of the molecule is Cc1cccnc1CNc1c(N)cc(N)c(Cl)c1F. The predicted octanol–water partition coefficient (Wildman–Crippen LogP) is 2.96. The van der Waals surface area contributed by atoms with Crippen LogP contribution < -0.4 is 16.8 Å². The first-order valence-corrected chi connectivity index (χ1v) is 6.05. The van der Waals surface area contributed by atoms with Crippen LogP contribution in [0.15, 0.2) is 24.4 Å². The summed E-state index contributed by atoms with van der Waals surface area (Å²) in [5.41, 5.74) is 13.6. The molecule has 0 radical (unpaired) electrons. The van der Waals surface area contributed by atoms with Crippen molar-refractivity contribution in [2.45, 2.75) is 13.5 Å². The molecule has 0 spiro atoms. The summed E-state index contributed by atoms with van der Waals surface area (Å²) < 4.78 is 14.0. The molecule has 1 aromatic carbocycles. The summed E-state index contributed by atoms with van der Waals surface area (Å²) in [6, 6.07) is 5.20. The number of hydrogen-bond donors (Lipinski definition) is 3. The first-order valence-electron chi connectivity index (χ1n) is 5.68. The van der Waals surface area contributed by atoms with E-state index < -0.39 is 5.82 Å². The monoisotopic (exact) mass is 280 g/mol. The first-order chi connectivity index (χ1) is 9.00. The van der Waals surface area contributed by atoms with Gasteiger partial charge in [-0.15, -0.1) is 0 Å². The lowest BCUT2D eigenvalue weighted by Crippen LogP contribution is -2.08. The molecule has 0 atom stereocenters. The van der Waals surface area contributed by atoms with E-state index in [1.165, 1.54) is 6.07 Å². The Morgan fingerprint density at radius 3 is 2.79 bits per heavy atom. The highest BCUT2D eigenvalue weighted by Crippen LogP contribution is 2.33. The highest BCUT2D eigenvalue weighted by molar-refractivity contribution is 6.33. The van der Waals surface area contributed by atoms with Gasteiger partial charge in [0.25, 0.3) is 0 Å². The summed E-state index contributed by atoms with van der Waals surface area (Å²) in [7, 11) is 0. The number of benzene rings is 1. The Kier molecular flexibility index (Phi) is 3.76. The number of nitrogens with one attached hydrogen (secondary N) is 1. The maximum atomic E-state index is 14.0. The highest BCUT2D eigenvalue weighted by atomic mass is 35.5. The summed E-state index contributed by atoms with van der Waals surface area (Å²) in [5, 5.41) is 2.77. The van der Waals surface area contributed by atoms with Gasteiger partial charge in [0.15, 0.2) is 5.82 Å². The smallest absolute Gasteiger partial charge is 0.169 e. The van der Waals surface area contributed by atoms with E-state index >= 15 is 0 Å². The van der Waals surface area contributed by atoms with Crippen molar-refractivity contribution in [1.29, 1.82) is 0 Å². The van der Waals surface area contributed by atoms with Crippen LogP contribution in [-0.2, 0) is 6.54 Å². The molecule has 0 fully saturated rings. The number of pyridine rings is 1. The predicted molar refractivity (Wildman–Crippen MR) is 76.5 cm³/mol. The second-order valence-electron chi connectivity index (χ2n) is 4.18. The number of nitrogens with zero attached hydrogens (tertiary/aromatic N) is 1. The van der Waals surface area contributed by atoms with Crippen LogP contribution in [0.25, 0.3) is 0 Å². The molecule has 1 aromatic heterocycles. The molecule has 6 heteroatoms. The van der Waals surface area contributed by atoms with Crippen LogP contribution in [0.3, 0.4) is 0 Å². The van der Waals surface area contributed by atoms with Gasteiger partial charge >= 0.3 is 0 Å². The zero-order valence-corrected chi connectivity index (χ0v) is 11.1. The zero-order valence-electron chi connectivity index (χ0n) is 10.4. The van der Waals surface area contributed by atoms with Crippen molar-refractivity contribution in [3.05, 3.63) is 46.5 Å². The Hall–Kier alpha value is -2.01. The molecule has 2 aromatic rings. The van der Waals surface area contributed by atoms with Gasteiger partial charge in [-0.25, -0.2) is 4.39 Å². The molecule has 5 N–H and O–H groups in total. The molecular weight excluding hydrogens is 267 g/mol. The van der Waals surface area contributed by atoms with Crippen LogP contribution in [0.1, 0.15) is 11.3 Å². The van der Waals surface area contributed by atoms with Gasteiger partial charge in [-0.2, -0.15) is 0 Å². The summed E-state index contributed by atoms with van der Waals surface area (Å²) in [6.45, 7) is 2.29. The van der Waals surface area contributed by atoms with Gasteiger partial charge in [0.1, 0.15) is 5.02 Å². The lowest BCUT2D eigenvalue weighted by Gasteiger charge is -2.13. The Bertz CT molecular complexity index is 616. The van der Waals surface area contributed by atoms with Crippen LogP contribution in [0.2, 0.25) is 5.02 Å². The second kappa shape index (κ2) is 5.32. The van der Waals surface area contributed by atoms with Gasteiger partial charge in [-0.1, -0.05) is 17.7 Å². The Balaban J connectivity index is 2.26. The number of halogens is 2. The fourth-order valence-electron chi connectivity index (χ4n) is 1.72. The lowest BCUT2D eigenvalue weighted by molar-refractivity contribution is 0.631. The fraction of sp³-hybridized carbons (Fsp3) is 0.154. The Morgan fingerprint density at radius 2 is 2.11 bits per heavy atom. The maximum Gasteiger partial charge on any atom is 0.169 e. The number of aryl methyl sites for hydroxylation is 1. The molecule has 0 aliphatic rings. The van der Waals surface area contributed by atoms with Crippen molar-refractivity contribution >= 4 is 28.7 Å². The molecule has 19 heavy (non-hydrogen) atoms. The molecule has 100 valence electrons. The molecule has 1 heterocycles. The quantitative estimate of drug-likeness (QED) is 0.756. The van der Waals surface area contributed by atoms with E-state index in [0.29, 0.717) is 6.54 Å². The molecule has 0 amide bonds. The molecule has 0 saturated carbocycles. The lowest BCUT2D eigenvalue weighted by atomic mass is 10.2. The third kappa shape index (κ3) is 2.71. The average molecular weight is 281 g/mol. The van der Waals surface area contributed by atoms with Crippen molar-refractivity contribution in [2.75, 3.05) is 16.8 Å². The topological polar surface area (TPSA) is 77.0 Å². The number of rotatable bonds is 3. The Morgan fingerprint density at radius 1 is 1.37 bits per heavy atom. The number of nitrogens with two attached hydrogens (primary N) is 2. The molecule has 4 nitrogen and oxygen atoms in total. The minimum Gasteiger partial charge on any atom is -0.397 e. The minimum atomic E-state index is -0.646. The van der Waals surface area contributed by atoms with E-state index in [-0.39, 0.29) is 22.1 Å². The molecule has 0 aliphatic heterocycles. The van der Waals surface area contributed by atoms with Gasteiger partial charge in [-0.05, 0) is 24.6 Å². The standard InChI is InChI=1S/C13H14ClFN4/c1-7-3-2-4-18-10(7)6-19-13-9(17)5-8(16)11(14)12(13)15/h2-5,19H,6,16-17H2,1H3. The maximum absolute atomic E-state index is 14.0.